The zero-order chi connectivity index (χ0) is 15.3. The minimum atomic E-state index is -0.270. The lowest BCUT2D eigenvalue weighted by Gasteiger charge is -2.23. The van der Waals surface area contributed by atoms with Crippen LogP contribution in [0.5, 0.6) is 0 Å². The van der Waals surface area contributed by atoms with Gasteiger partial charge in [0.1, 0.15) is 5.82 Å². The molecule has 0 aromatic carbocycles. The van der Waals surface area contributed by atoms with Crippen LogP contribution in [0.1, 0.15) is 45.2 Å². The standard InChI is InChI=1S/C16H29N3O/c1-12-9-14(11-18-16(3,4)5)10-17-15(12)19(6)8-7-13(2)20/h9-10,13,18,20H,7-8,11H2,1-6H3. The Morgan fingerprint density at radius 3 is 2.55 bits per heavy atom. The molecule has 0 bridgehead atoms. The van der Waals surface area contributed by atoms with Crippen molar-refractivity contribution >= 4 is 5.82 Å². The van der Waals surface area contributed by atoms with Gasteiger partial charge in [0.05, 0.1) is 6.10 Å². The highest BCUT2D eigenvalue weighted by Gasteiger charge is 2.11. The minimum Gasteiger partial charge on any atom is -0.393 e. The number of aliphatic hydroxyl groups excluding tert-OH is 1. The molecule has 0 radical (unpaired) electrons. The van der Waals surface area contributed by atoms with Crippen molar-refractivity contribution in [3.05, 3.63) is 23.4 Å². The van der Waals surface area contributed by atoms with Crippen LogP contribution in [0.2, 0.25) is 0 Å². The average molecular weight is 279 g/mol. The van der Waals surface area contributed by atoms with Crippen LogP contribution in [0.15, 0.2) is 12.3 Å². The van der Waals surface area contributed by atoms with Crippen molar-refractivity contribution in [2.45, 2.75) is 59.2 Å². The second-order valence-corrected chi connectivity index (χ2v) is 6.65. The number of hydrogen-bond acceptors (Lipinski definition) is 4. The average Bonchev–Trinajstić information content (AvgIpc) is 2.32. The van der Waals surface area contributed by atoms with Gasteiger partial charge in [-0.3, -0.25) is 0 Å². The predicted octanol–water partition coefficient (Wildman–Crippen LogP) is 2.49. The van der Waals surface area contributed by atoms with Gasteiger partial charge in [-0.2, -0.15) is 0 Å². The molecule has 2 N–H and O–H groups in total. The summed E-state index contributed by atoms with van der Waals surface area (Å²) in [4.78, 5) is 6.66. The van der Waals surface area contributed by atoms with E-state index in [-0.39, 0.29) is 11.6 Å². The summed E-state index contributed by atoms with van der Waals surface area (Å²) >= 11 is 0. The topological polar surface area (TPSA) is 48.4 Å². The summed E-state index contributed by atoms with van der Waals surface area (Å²) in [5.41, 5.74) is 2.48. The number of nitrogens with one attached hydrogen (secondary N) is 1. The van der Waals surface area contributed by atoms with Gasteiger partial charge < -0.3 is 15.3 Å². The molecule has 0 spiro atoms. The molecule has 1 aromatic rings. The predicted molar refractivity (Wildman–Crippen MR) is 85.1 cm³/mol. The molecule has 0 saturated carbocycles. The van der Waals surface area contributed by atoms with Gasteiger partial charge in [-0.05, 0) is 58.2 Å². The summed E-state index contributed by atoms with van der Waals surface area (Å²) in [5, 5.41) is 12.8. The molecule has 0 fully saturated rings. The summed E-state index contributed by atoms with van der Waals surface area (Å²) in [6.45, 7) is 12.0. The van der Waals surface area contributed by atoms with E-state index in [0.717, 1.165) is 25.3 Å². The molecule has 1 rings (SSSR count). The molecule has 1 aromatic heterocycles. The summed E-state index contributed by atoms with van der Waals surface area (Å²) in [7, 11) is 2.02. The van der Waals surface area contributed by atoms with E-state index >= 15 is 0 Å². The monoisotopic (exact) mass is 279 g/mol. The molecule has 4 nitrogen and oxygen atoms in total. The van der Waals surface area contributed by atoms with E-state index in [1.807, 2.05) is 20.2 Å². The zero-order valence-corrected chi connectivity index (χ0v) is 13.7. The van der Waals surface area contributed by atoms with Crippen LogP contribution in [0.3, 0.4) is 0 Å². The van der Waals surface area contributed by atoms with Gasteiger partial charge in [0.15, 0.2) is 0 Å². The van der Waals surface area contributed by atoms with Crippen LogP contribution in [-0.2, 0) is 6.54 Å². The van der Waals surface area contributed by atoms with Crippen molar-refractivity contribution in [1.29, 1.82) is 0 Å². The lowest BCUT2D eigenvalue weighted by Crippen LogP contribution is -2.35. The van der Waals surface area contributed by atoms with E-state index in [0.29, 0.717) is 0 Å². The molecule has 0 aliphatic carbocycles. The van der Waals surface area contributed by atoms with Crippen molar-refractivity contribution in [2.75, 3.05) is 18.5 Å². The van der Waals surface area contributed by atoms with Gasteiger partial charge in [0.2, 0.25) is 0 Å². The first-order chi connectivity index (χ1) is 9.19. The Morgan fingerprint density at radius 2 is 2.05 bits per heavy atom. The highest BCUT2D eigenvalue weighted by atomic mass is 16.3. The smallest absolute Gasteiger partial charge is 0.131 e. The van der Waals surface area contributed by atoms with Crippen molar-refractivity contribution in [1.82, 2.24) is 10.3 Å². The molecule has 1 atom stereocenters. The number of aromatic nitrogens is 1. The number of anilines is 1. The lowest BCUT2D eigenvalue weighted by molar-refractivity contribution is 0.187. The second-order valence-electron chi connectivity index (χ2n) is 6.65. The molecular weight excluding hydrogens is 250 g/mol. The molecule has 4 heteroatoms. The number of rotatable bonds is 6. The third-order valence-corrected chi connectivity index (χ3v) is 3.17. The molecular formula is C16H29N3O. The Morgan fingerprint density at radius 1 is 1.40 bits per heavy atom. The first-order valence-electron chi connectivity index (χ1n) is 7.29. The Kier molecular flexibility index (Phi) is 5.96. The molecule has 20 heavy (non-hydrogen) atoms. The minimum absolute atomic E-state index is 0.112. The number of pyridine rings is 1. The van der Waals surface area contributed by atoms with Crippen LogP contribution in [0.25, 0.3) is 0 Å². The Labute approximate surface area is 123 Å². The van der Waals surface area contributed by atoms with Crippen LogP contribution in [-0.4, -0.2) is 35.3 Å². The first-order valence-corrected chi connectivity index (χ1v) is 7.29. The van der Waals surface area contributed by atoms with E-state index in [1.54, 1.807) is 0 Å². The summed E-state index contributed by atoms with van der Waals surface area (Å²) in [6.07, 6.45) is 2.42. The maximum atomic E-state index is 9.35. The number of aryl methyl sites for hydroxylation is 1. The SMILES string of the molecule is Cc1cc(CNC(C)(C)C)cnc1N(C)CCC(C)O. The van der Waals surface area contributed by atoms with Gasteiger partial charge in [-0.1, -0.05) is 0 Å². The molecule has 0 aliphatic heterocycles. The molecule has 0 aliphatic rings. The van der Waals surface area contributed by atoms with Crippen molar-refractivity contribution in [3.63, 3.8) is 0 Å². The second kappa shape index (κ2) is 7.04. The van der Waals surface area contributed by atoms with Gasteiger partial charge in [-0.15, -0.1) is 0 Å². The fourth-order valence-electron chi connectivity index (χ4n) is 1.98. The summed E-state index contributed by atoms with van der Waals surface area (Å²) in [5.74, 6) is 0.991. The maximum absolute atomic E-state index is 9.35. The molecule has 1 heterocycles. The molecule has 0 amide bonds. The fraction of sp³-hybridized carbons (Fsp3) is 0.688. The molecule has 1 unspecified atom stereocenters. The van der Waals surface area contributed by atoms with Crippen molar-refractivity contribution < 1.29 is 5.11 Å². The third-order valence-electron chi connectivity index (χ3n) is 3.17. The number of hydrogen-bond donors (Lipinski definition) is 2. The van der Waals surface area contributed by atoms with Gasteiger partial charge in [0.25, 0.3) is 0 Å². The van der Waals surface area contributed by atoms with Crippen LogP contribution in [0.4, 0.5) is 5.82 Å². The van der Waals surface area contributed by atoms with E-state index < -0.39 is 0 Å². The number of aliphatic hydroxyl groups is 1. The van der Waals surface area contributed by atoms with E-state index in [2.05, 4.69) is 49.0 Å². The Balaban J connectivity index is 2.67. The highest BCUT2D eigenvalue weighted by Crippen LogP contribution is 2.17. The molecule has 0 saturated heterocycles. The largest absolute Gasteiger partial charge is 0.393 e. The zero-order valence-electron chi connectivity index (χ0n) is 13.7. The summed E-state index contributed by atoms with van der Waals surface area (Å²) < 4.78 is 0. The normalized spacial score (nSPS) is 13.3. The molecule has 114 valence electrons. The van der Waals surface area contributed by atoms with Crippen LogP contribution < -0.4 is 10.2 Å². The highest BCUT2D eigenvalue weighted by molar-refractivity contribution is 5.46. The Hall–Kier alpha value is -1.13. The fourth-order valence-corrected chi connectivity index (χ4v) is 1.98. The lowest BCUT2D eigenvalue weighted by atomic mass is 10.1. The maximum Gasteiger partial charge on any atom is 0.131 e. The summed E-state index contributed by atoms with van der Waals surface area (Å²) in [6, 6.07) is 2.18. The quantitative estimate of drug-likeness (QED) is 0.840. The van der Waals surface area contributed by atoms with Crippen LogP contribution >= 0.6 is 0 Å². The van der Waals surface area contributed by atoms with E-state index in [4.69, 9.17) is 0 Å². The van der Waals surface area contributed by atoms with Gasteiger partial charge >= 0.3 is 0 Å². The van der Waals surface area contributed by atoms with Crippen LogP contribution in [0, 0.1) is 6.92 Å². The van der Waals surface area contributed by atoms with E-state index in [9.17, 15) is 5.11 Å². The van der Waals surface area contributed by atoms with E-state index in [1.165, 1.54) is 11.1 Å². The third kappa shape index (κ3) is 5.88. The Bertz CT molecular complexity index is 424. The van der Waals surface area contributed by atoms with Gasteiger partial charge in [0, 0.05) is 31.9 Å². The first kappa shape index (κ1) is 16.9. The van der Waals surface area contributed by atoms with Crippen molar-refractivity contribution in [2.24, 2.45) is 0 Å². The van der Waals surface area contributed by atoms with Crippen molar-refractivity contribution in [3.8, 4) is 0 Å². The number of nitrogens with zero attached hydrogens (tertiary/aromatic N) is 2. The van der Waals surface area contributed by atoms with Gasteiger partial charge in [-0.25, -0.2) is 4.98 Å².